The zero-order chi connectivity index (χ0) is 13.1. The Morgan fingerprint density at radius 2 is 2.00 bits per heavy atom. The van der Waals surface area contributed by atoms with Crippen LogP contribution >= 0.6 is 0 Å². The van der Waals surface area contributed by atoms with Crippen molar-refractivity contribution in [3.63, 3.8) is 0 Å². The Morgan fingerprint density at radius 3 is 2.47 bits per heavy atom. The summed E-state index contributed by atoms with van der Waals surface area (Å²) in [5.41, 5.74) is 7.10. The topological polar surface area (TPSA) is 75.3 Å². The van der Waals surface area contributed by atoms with Gasteiger partial charge in [-0.25, -0.2) is 0 Å². The van der Waals surface area contributed by atoms with Crippen molar-refractivity contribution in [1.29, 1.82) is 0 Å². The first-order valence-electron chi connectivity index (χ1n) is 5.63. The number of carboxylic acid groups (broad SMARTS) is 1. The maximum Gasteiger partial charge on any atom is 0.305 e. The van der Waals surface area contributed by atoms with Crippen molar-refractivity contribution in [3.05, 3.63) is 24.3 Å². The van der Waals surface area contributed by atoms with Crippen LogP contribution in [0, 0.1) is 5.41 Å². The first-order chi connectivity index (χ1) is 7.80. The highest BCUT2D eigenvalue weighted by molar-refractivity contribution is 5.70. The number of anilines is 2. The number of nitrogen functional groups attached to an aromatic ring is 1. The van der Waals surface area contributed by atoms with E-state index >= 15 is 0 Å². The molecule has 0 saturated carbocycles. The lowest BCUT2D eigenvalue weighted by molar-refractivity contribution is -0.137. The van der Waals surface area contributed by atoms with Crippen molar-refractivity contribution in [2.24, 2.45) is 5.41 Å². The number of carboxylic acids is 1. The largest absolute Gasteiger partial charge is 0.481 e. The highest BCUT2D eigenvalue weighted by Gasteiger charge is 2.27. The van der Waals surface area contributed by atoms with Crippen LogP contribution in [-0.2, 0) is 4.79 Å². The summed E-state index contributed by atoms with van der Waals surface area (Å²) in [5.74, 6) is -0.813. The molecule has 1 atom stereocenters. The van der Waals surface area contributed by atoms with E-state index in [4.69, 9.17) is 10.8 Å². The van der Waals surface area contributed by atoms with Gasteiger partial charge in [-0.3, -0.25) is 4.79 Å². The third kappa shape index (κ3) is 3.98. The molecule has 17 heavy (non-hydrogen) atoms. The number of nitrogens with two attached hydrogens (primary N) is 1. The Labute approximate surface area is 102 Å². The van der Waals surface area contributed by atoms with Gasteiger partial charge >= 0.3 is 5.97 Å². The Morgan fingerprint density at radius 1 is 1.41 bits per heavy atom. The smallest absolute Gasteiger partial charge is 0.305 e. The van der Waals surface area contributed by atoms with Gasteiger partial charge in [0.15, 0.2) is 0 Å². The van der Waals surface area contributed by atoms with Crippen molar-refractivity contribution >= 4 is 17.3 Å². The molecule has 0 fully saturated rings. The Balaban J connectivity index is 2.87. The second-order valence-corrected chi connectivity index (χ2v) is 5.25. The molecule has 0 radical (unpaired) electrons. The number of benzene rings is 1. The van der Waals surface area contributed by atoms with Gasteiger partial charge in [0.05, 0.1) is 17.8 Å². The SMILES string of the molecule is CC(C)(C)C(CC(=O)O)Nc1ccccc1N. The van der Waals surface area contributed by atoms with E-state index in [0.717, 1.165) is 5.69 Å². The van der Waals surface area contributed by atoms with Gasteiger partial charge in [-0.05, 0) is 17.5 Å². The fourth-order valence-corrected chi connectivity index (χ4v) is 1.56. The van der Waals surface area contributed by atoms with E-state index in [1.807, 2.05) is 39.0 Å². The fraction of sp³-hybridized carbons (Fsp3) is 0.462. The molecule has 0 aliphatic heterocycles. The van der Waals surface area contributed by atoms with Crippen LogP contribution in [0.4, 0.5) is 11.4 Å². The molecule has 0 heterocycles. The minimum Gasteiger partial charge on any atom is -0.481 e. The van der Waals surface area contributed by atoms with Gasteiger partial charge in [-0.1, -0.05) is 32.9 Å². The van der Waals surface area contributed by atoms with Gasteiger partial charge in [-0.15, -0.1) is 0 Å². The normalized spacial score (nSPS) is 13.1. The van der Waals surface area contributed by atoms with Crippen LogP contribution in [0.25, 0.3) is 0 Å². The molecule has 4 nitrogen and oxygen atoms in total. The molecule has 4 heteroatoms. The van der Waals surface area contributed by atoms with E-state index in [1.165, 1.54) is 0 Å². The van der Waals surface area contributed by atoms with Crippen molar-refractivity contribution in [2.45, 2.75) is 33.2 Å². The van der Waals surface area contributed by atoms with Crippen LogP contribution in [0.2, 0.25) is 0 Å². The molecule has 1 unspecified atom stereocenters. The monoisotopic (exact) mass is 236 g/mol. The second-order valence-electron chi connectivity index (χ2n) is 5.25. The summed E-state index contributed by atoms with van der Waals surface area (Å²) in [5, 5.41) is 12.1. The first kappa shape index (κ1) is 13.4. The second kappa shape index (κ2) is 5.08. The molecule has 0 saturated heterocycles. The van der Waals surface area contributed by atoms with Gasteiger partial charge in [-0.2, -0.15) is 0 Å². The summed E-state index contributed by atoms with van der Waals surface area (Å²) in [6.45, 7) is 6.02. The highest BCUT2D eigenvalue weighted by atomic mass is 16.4. The molecule has 1 rings (SSSR count). The quantitative estimate of drug-likeness (QED) is 0.702. The van der Waals surface area contributed by atoms with E-state index in [0.29, 0.717) is 5.69 Å². The minimum atomic E-state index is -0.813. The number of carbonyl (C=O) groups is 1. The molecule has 0 aliphatic rings. The highest BCUT2D eigenvalue weighted by Crippen LogP contribution is 2.27. The summed E-state index contributed by atoms with van der Waals surface area (Å²) in [4.78, 5) is 10.9. The van der Waals surface area contributed by atoms with Gasteiger partial charge in [0, 0.05) is 6.04 Å². The van der Waals surface area contributed by atoms with Crippen molar-refractivity contribution in [1.82, 2.24) is 0 Å². The van der Waals surface area contributed by atoms with Crippen molar-refractivity contribution in [2.75, 3.05) is 11.1 Å². The molecule has 1 aromatic carbocycles. The lowest BCUT2D eigenvalue weighted by Gasteiger charge is -2.31. The molecule has 0 bridgehead atoms. The molecule has 0 aliphatic carbocycles. The van der Waals surface area contributed by atoms with Crippen molar-refractivity contribution in [3.8, 4) is 0 Å². The zero-order valence-electron chi connectivity index (χ0n) is 10.5. The molecule has 0 aromatic heterocycles. The van der Waals surface area contributed by atoms with Crippen molar-refractivity contribution < 1.29 is 9.90 Å². The number of aliphatic carboxylic acids is 1. The third-order valence-electron chi connectivity index (χ3n) is 2.71. The van der Waals surface area contributed by atoms with E-state index in [1.54, 1.807) is 6.07 Å². The molecule has 4 N–H and O–H groups in total. The summed E-state index contributed by atoms with van der Waals surface area (Å²) in [6.07, 6.45) is 0.0673. The average molecular weight is 236 g/mol. The first-order valence-corrected chi connectivity index (χ1v) is 5.63. The van der Waals surface area contributed by atoms with Crippen LogP contribution in [0.5, 0.6) is 0 Å². The summed E-state index contributed by atoms with van der Waals surface area (Å²) < 4.78 is 0. The Hall–Kier alpha value is -1.71. The number of hydrogen-bond acceptors (Lipinski definition) is 3. The fourth-order valence-electron chi connectivity index (χ4n) is 1.56. The number of para-hydroxylation sites is 2. The minimum absolute atomic E-state index is 0.0673. The van der Waals surface area contributed by atoms with Gasteiger partial charge in [0.2, 0.25) is 0 Å². The molecule has 0 spiro atoms. The predicted molar refractivity (Wildman–Crippen MR) is 70.0 cm³/mol. The van der Waals surface area contributed by atoms with E-state index in [2.05, 4.69) is 5.32 Å². The van der Waals surface area contributed by atoms with Crippen LogP contribution in [0.1, 0.15) is 27.2 Å². The van der Waals surface area contributed by atoms with Crippen LogP contribution < -0.4 is 11.1 Å². The summed E-state index contributed by atoms with van der Waals surface area (Å²) >= 11 is 0. The Bertz CT molecular complexity index is 397. The lowest BCUT2D eigenvalue weighted by atomic mass is 9.84. The number of rotatable bonds is 4. The molecular weight excluding hydrogens is 216 g/mol. The summed E-state index contributed by atoms with van der Waals surface area (Å²) in [7, 11) is 0. The van der Waals surface area contributed by atoms with Gasteiger partial charge in [0.25, 0.3) is 0 Å². The molecule has 1 aromatic rings. The number of nitrogens with one attached hydrogen (secondary N) is 1. The maximum atomic E-state index is 10.9. The predicted octanol–water partition coefficient (Wildman–Crippen LogP) is 2.57. The van der Waals surface area contributed by atoms with E-state index in [-0.39, 0.29) is 17.9 Å². The van der Waals surface area contributed by atoms with E-state index in [9.17, 15) is 4.79 Å². The van der Waals surface area contributed by atoms with E-state index < -0.39 is 5.97 Å². The van der Waals surface area contributed by atoms with Crippen LogP contribution in [0.3, 0.4) is 0 Å². The standard InChI is InChI=1S/C13H20N2O2/c1-13(2,3)11(8-12(16)17)15-10-7-5-4-6-9(10)14/h4-7,11,15H,8,14H2,1-3H3,(H,16,17). The molecular formula is C13H20N2O2. The average Bonchev–Trinajstić information content (AvgIpc) is 2.18. The lowest BCUT2D eigenvalue weighted by Crippen LogP contribution is -2.36. The van der Waals surface area contributed by atoms with Gasteiger partial charge in [0.1, 0.15) is 0 Å². The Kier molecular flexibility index (Phi) is 3.99. The maximum absolute atomic E-state index is 10.9. The molecule has 94 valence electrons. The molecule has 0 amide bonds. The summed E-state index contributed by atoms with van der Waals surface area (Å²) in [6, 6.07) is 7.21. The third-order valence-corrected chi connectivity index (χ3v) is 2.71. The van der Waals surface area contributed by atoms with Crippen LogP contribution in [-0.4, -0.2) is 17.1 Å². The van der Waals surface area contributed by atoms with Gasteiger partial charge < -0.3 is 16.2 Å². The number of hydrogen-bond donors (Lipinski definition) is 3. The zero-order valence-corrected chi connectivity index (χ0v) is 10.5. The van der Waals surface area contributed by atoms with Crippen LogP contribution in [0.15, 0.2) is 24.3 Å².